The summed E-state index contributed by atoms with van der Waals surface area (Å²) in [5.41, 5.74) is 0.996. The normalized spacial score (nSPS) is 12.2. The van der Waals surface area contributed by atoms with E-state index in [9.17, 15) is 9.59 Å². The van der Waals surface area contributed by atoms with Gasteiger partial charge in [0.15, 0.2) is 0 Å². The molecule has 0 aromatic carbocycles. The molecule has 0 saturated heterocycles. The van der Waals surface area contributed by atoms with Crippen LogP contribution in [0.1, 0.15) is 36.3 Å². The van der Waals surface area contributed by atoms with Gasteiger partial charge in [0.25, 0.3) is 5.91 Å². The second-order valence-corrected chi connectivity index (χ2v) is 4.66. The molecule has 0 aliphatic carbocycles. The summed E-state index contributed by atoms with van der Waals surface area (Å²) in [6, 6.07) is 2.62. The number of carbonyl (C=O) groups is 2. The van der Waals surface area contributed by atoms with Gasteiger partial charge in [0.1, 0.15) is 11.7 Å². The molecule has 98 valence electrons. The summed E-state index contributed by atoms with van der Waals surface area (Å²) in [6.07, 6.45) is 1.91. The standard InChI is InChI=1S/C13H18N2O3/c1-8(2)7-10(13(17)18)15-12(16)11-9(3)5-4-6-14-11/h4-6,8,10H,7H2,1-3H3,(H,15,16)(H,17,18)/t10-/m0/s1. The first-order chi connectivity index (χ1) is 8.41. The molecule has 0 aliphatic rings. The molecular weight excluding hydrogens is 232 g/mol. The number of rotatable bonds is 5. The Hall–Kier alpha value is -1.91. The summed E-state index contributed by atoms with van der Waals surface area (Å²) < 4.78 is 0. The highest BCUT2D eigenvalue weighted by Gasteiger charge is 2.22. The van der Waals surface area contributed by atoms with Gasteiger partial charge >= 0.3 is 5.97 Å². The Balaban J connectivity index is 2.79. The lowest BCUT2D eigenvalue weighted by molar-refractivity contribution is -0.139. The van der Waals surface area contributed by atoms with Gasteiger partial charge in [-0.2, -0.15) is 0 Å². The molecule has 1 rings (SSSR count). The molecule has 1 heterocycles. The first kappa shape index (κ1) is 14.2. The number of carboxylic acid groups (broad SMARTS) is 1. The van der Waals surface area contributed by atoms with Crippen molar-refractivity contribution >= 4 is 11.9 Å². The van der Waals surface area contributed by atoms with E-state index in [-0.39, 0.29) is 11.6 Å². The summed E-state index contributed by atoms with van der Waals surface area (Å²) in [5, 5.41) is 11.6. The first-order valence-corrected chi connectivity index (χ1v) is 5.87. The zero-order valence-electron chi connectivity index (χ0n) is 10.8. The number of aliphatic carboxylic acids is 1. The van der Waals surface area contributed by atoms with Gasteiger partial charge in [0.2, 0.25) is 0 Å². The van der Waals surface area contributed by atoms with Crippen molar-refractivity contribution in [2.75, 3.05) is 0 Å². The first-order valence-electron chi connectivity index (χ1n) is 5.87. The van der Waals surface area contributed by atoms with Crippen molar-refractivity contribution in [3.63, 3.8) is 0 Å². The Bertz CT molecular complexity index is 444. The van der Waals surface area contributed by atoms with Gasteiger partial charge in [-0.05, 0) is 30.9 Å². The molecule has 5 nitrogen and oxygen atoms in total. The minimum absolute atomic E-state index is 0.191. The molecule has 1 aromatic heterocycles. The van der Waals surface area contributed by atoms with Crippen molar-refractivity contribution < 1.29 is 14.7 Å². The third kappa shape index (κ3) is 3.84. The van der Waals surface area contributed by atoms with Crippen LogP contribution in [0.2, 0.25) is 0 Å². The number of amides is 1. The predicted molar refractivity (Wildman–Crippen MR) is 67.3 cm³/mol. The second-order valence-electron chi connectivity index (χ2n) is 4.66. The van der Waals surface area contributed by atoms with Crippen LogP contribution in [0.5, 0.6) is 0 Å². The van der Waals surface area contributed by atoms with E-state index in [4.69, 9.17) is 5.11 Å². The summed E-state index contributed by atoms with van der Waals surface area (Å²) in [6.45, 7) is 5.59. The molecule has 0 radical (unpaired) electrons. The van der Waals surface area contributed by atoms with Crippen molar-refractivity contribution in [3.8, 4) is 0 Å². The van der Waals surface area contributed by atoms with E-state index >= 15 is 0 Å². The van der Waals surface area contributed by atoms with Crippen LogP contribution in [0.15, 0.2) is 18.3 Å². The van der Waals surface area contributed by atoms with Crippen LogP contribution in [0, 0.1) is 12.8 Å². The third-order valence-electron chi connectivity index (χ3n) is 2.54. The van der Waals surface area contributed by atoms with E-state index < -0.39 is 17.9 Å². The van der Waals surface area contributed by atoms with Crippen LogP contribution < -0.4 is 5.32 Å². The van der Waals surface area contributed by atoms with Crippen molar-refractivity contribution in [2.24, 2.45) is 5.92 Å². The average molecular weight is 250 g/mol. The predicted octanol–water partition coefficient (Wildman–Crippen LogP) is 1.62. The number of carbonyl (C=O) groups excluding carboxylic acids is 1. The number of aromatic nitrogens is 1. The van der Waals surface area contributed by atoms with Crippen molar-refractivity contribution in [1.29, 1.82) is 0 Å². The number of carboxylic acids is 1. The third-order valence-corrected chi connectivity index (χ3v) is 2.54. The molecule has 1 atom stereocenters. The zero-order valence-corrected chi connectivity index (χ0v) is 10.8. The molecule has 2 N–H and O–H groups in total. The molecule has 0 aliphatic heterocycles. The highest BCUT2D eigenvalue weighted by Crippen LogP contribution is 2.08. The molecule has 0 bridgehead atoms. The quantitative estimate of drug-likeness (QED) is 0.832. The molecule has 0 saturated carbocycles. The molecule has 0 unspecified atom stereocenters. The van der Waals surface area contributed by atoms with Crippen LogP contribution in [0.4, 0.5) is 0 Å². The van der Waals surface area contributed by atoms with Crippen LogP contribution in [0.25, 0.3) is 0 Å². The lowest BCUT2D eigenvalue weighted by Crippen LogP contribution is -2.42. The number of aryl methyl sites for hydroxylation is 1. The van der Waals surface area contributed by atoms with E-state index in [0.29, 0.717) is 6.42 Å². The lowest BCUT2D eigenvalue weighted by atomic mass is 10.0. The van der Waals surface area contributed by atoms with E-state index in [1.165, 1.54) is 6.20 Å². The fourth-order valence-electron chi connectivity index (χ4n) is 1.64. The number of nitrogens with zero attached hydrogens (tertiary/aromatic N) is 1. The minimum atomic E-state index is -1.02. The molecule has 5 heteroatoms. The van der Waals surface area contributed by atoms with Gasteiger partial charge in [-0.3, -0.25) is 9.78 Å². The fourth-order valence-corrected chi connectivity index (χ4v) is 1.64. The summed E-state index contributed by atoms with van der Waals surface area (Å²) >= 11 is 0. The monoisotopic (exact) mass is 250 g/mol. The van der Waals surface area contributed by atoms with Gasteiger partial charge in [0, 0.05) is 6.20 Å². The van der Waals surface area contributed by atoms with Gasteiger partial charge in [0.05, 0.1) is 0 Å². The maximum atomic E-state index is 11.9. The van der Waals surface area contributed by atoms with Gasteiger partial charge in [-0.25, -0.2) is 4.79 Å². The van der Waals surface area contributed by atoms with Crippen LogP contribution >= 0.6 is 0 Å². The number of hydrogen-bond acceptors (Lipinski definition) is 3. The molecule has 1 aromatic rings. The van der Waals surface area contributed by atoms with Crippen LogP contribution in [0.3, 0.4) is 0 Å². The topological polar surface area (TPSA) is 79.3 Å². The minimum Gasteiger partial charge on any atom is -0.480 e. The molecule has 1 amide bonds. The van der Waals surface area contributed by atoms with Crippen LogP contribution in [-0.2, 0) is 4.79 Å². The average Bonchev–Trinajstić information content (AvgIpc) is 2.27. The SMILES string of the molecule is Cc1cccnc1C(=O)N[C@@H](CC(C)C)C(=O)O. The Kier molecular flexibility index (Phi) is 4.83. The maximum Gasteiger partial charge on any atom is 0.326 e. The van der Waals surface area contributed by atoms with E-state index in [0.717, 1.165) is 5.56 Å². The lowest BCUT2D eigenvalue weighted by Gasteiger charge is -2.16. The van der Waals surface area contributed by atoms with Crippen molar-refractivity contribution in [2.45, 2.75) is 33.2 Å². The summed E-state index contributed by atoms with van der Waals surface area (Å²) in [4.78, 5) is 26.9. The van der Waals surface area contributed by atoms with Gasteiger partial charge in [-0.1, -0.05) is 19.9 Å². The van der Waals surface area contributed by atoms with Gasteiger partial charge < -0.3 is 10.4 Å². The number of hydrogen-bond donors (Lipinski definition) is 2. The summed E-state index contributed by atoms with van der Waals surface area (Å²) in [7, 11) is 0. The van der Waals surface area contributed by atoms with Crippen molar-refractivity contribution in [3.05, 3.63) is 29.6 Å². The fraction of sp³-hybridized carbons (Fsp3) is 0.462. The smallest absolute Gasteiger partial charge is 0.326 e. The number of nitrogens with one attached hydrogen (secondary N) is 1. The van der Waals surface area contributed by atoms with E-state index in [1.807, 2.05) is 13.8 Å². The largest absolute Gasteiger partial charge is 0.480 e. The van der Waals surface area contributed by atoms with Crippen LogP contribution in [-0.4, -0.2) is 28.0 Å². The molecular formula is C13H18N2O3. The maximum absolute atomic E-state index is 11.9. The highest BCUT2D eigenvalue weighted by molar-refractivity contribution is 5.96. The Morgan fingerprint density at radius 3 is 2.61 bits per heavy atom. The molecule has 0 spiro atoms. The van der Waals surface area contributed by atoms with E-state index in [1.54, 1.807) is 19.1 Å². The summed E-state index contributed by atoms with van der Waals surface area (Å²) in [5.74, 6) is -1.27. The second kappa shape index (κ2) is 6.14. The van der Waals surface area contributed by atoms with Crippen molar-refractivity contribution in [1.82, 2.24) is 10.3 Å². The molecule has 18 heavy (non-hydrogen) atoms. The Labute approximate surface area is 106 Å². The highest BCUT2D eigenvalue weighted by atomic mass is 16.4. The Morgan fingerprint density at radius 1 is 1.44 bits per heavy atom. The zero-order chi connectivity index (χ0) is 13.7. The molecule has 0 fully saturated rings. The number of pyridine rings is 1. The Morgan fingerprint density at radius 2 is 2.11 bits per heavy atom. The van der Waals surface area contributed by atoms with E-state index in [2.05, 4.69) is 10.3 Å². The van der Waals surface area contributed by atoms with Gasteiger partial charge in [-0.15, -0.1) is 0 Å².